The van der Waals surface area contributed by atoms with E-state index in [0.717, 1.165) is 28.7 Å². The molecule has 1 heterocycles. The van der Waals surface area contributed by atoms with Crippen LogP contribution in [-0.2, 0) is 6.54 Å². The highest BCUT2D eigenvalue weighted by molar-refractivity contribution is 5.84. The highest BCUT2D eigenvalue weighted by atomic mass is 15.0. The lowest BCUT2D eigenvalue weighted by atomic mass is 10.0. The van der Waals surface area contributed by atoms with Crippen molar-refractivity contribution in [1.82, 2.24) is 9.88 Å². The Kier molecular flexibility index (Phi) is 3.86. The number of fused-ring (bicyclic) bond motifs is 1. The number of benzene rings is 2. The molecule has 0 aliphatic rings. The molecule has 0 saturated heterocycles. The smallest absolute Gasteiger partial charge is 0.101 e. The van der Waals surface area contributed by atoms with Gasteiger partial charge >= 0.3 is 0 Å². The number of hydrogen-bond donors (Lipinski definition) is 0. The summed E-state index contributed by atoms with van der Waals surface area (Å²) in [5.74, 6) is 0. The van der Waals surface area contributed by atoms with E-state index < -0.39 is 0 Å². The van der Waals surface area contributed by atoms with Crippen LogP contribution in [0.25, 0.3) is 22.2 Å². The van der Waals surface area contributed by atoms with Crippen LogP contribution >= 0.6 is 0 Å². The summed E-state index contributed by atoms with van der Waals surface area (Å²) in [7, 11) is 4.10. The van der Waals surface area contributed by atoms with E-state index in [1.807, 2.05) is 56.6 Å². The maximum Gasteiger partial charge on any atom is 0.101 e. The summed E-state index contributed by atoms with van der Waals surface area (Å²) >= 11 is 0. The zero-order valence-corrected chi connectivity index (χ0v) is 12.7. The molecule has 0 fully saturated rings. The third-order valence-corrected chi connectivity index (χ3v) is 3.57. The molecule has 2 aromatic carbocycles. The van der Waals surface area contributed by atoms with Crippen molar-refractivity contribution in [2.24, 2.45) is 0 Å². The second-order valence-corrected chi connectivity index (χ2v) is 5.62. The number of rotatable bonds is 3. The topological polar surface area (TPSA) is 39.9 Å². The molecule has 3 nitrogen and oxygen atoms in total. The Labute approximate surface area is 130 Å². The van der Waals surface area contributed by atoms with Crippen molar-refractivity contribution in [3.05, 3.63) is 65.7 Å². The highest BCUT2D eigenvalue weighted by Crippen LogP contribution is 2.25. The molecule has 0 aliphatic carbocycles. The van der Waals surface area contributed by atoms with Gasteiger partial charge in [0.1, 0.15) is 6.07 Å². The van der Waals surface area contributed by atoms with Crippen LogP contribution in [0.5, 0.6) is 0 Å². The molecule has 0 radical (unpaired) electrons. The van der Waals surface area contributed by atoms with Crippen molar-refractivity contribution in [3.63, 3.8) is 0 Å². The molecule has 3 aromatic rings. The van der Waals surface area contributed by atoms with E-state index in [1.54, 1.807) is 0 Å². The molecule has 0 N–H and O–H groups in total. The number of pyridine rings is 1. The average Bonchev–Trinajstić information content (AvgIpc) is 2.54. The first kappa shape index (κ1) is 14.2. The molecule has 0 bridgehead atoms. The fourth-order valence-electron chi connectivity index (χ4n) is 2.55. The molecule has 3 heteroatoms. The van der Waals surface area contributed by atoms with Crippen molar-refractivity contribution in [3.8, 4) is 17.3 Å². The van der Waals surface area contributed by atoms with Gasteiger partial charge in [-0.05, 0) is 31.8 Å². The van der Waals surface area contributed by atoms with Crippen LogP contribution < -0.4 is 0 Å². The molecular formula is C19H17N3. The van der Waals surface area contributed by atoms with Gasteiger partial charge in [-0.25, -0.2) is 4.98 Å². The van der Waals surface area contributed by atoms with E-state index in [0.29, 0.717) is 5.56 Å². The summed E-state index contributed by atoms with van der Waals surface area (Å²) in [4.78, 5) is 6.80. The number of hydrogen-bond acceptors (Lipinski definition) is 3. The van der Waals surface area contributed by atoms with Crippen LogP contribution in [0.15, 0.2) is 54.6 Å². The Morgan fingerprint density at radius 3 is 2.45 bits per heavy atom. The Hall–Kier alpha value is -2.70. The molecule has 108 valence electrons. The van der Waals surface area contributed by atoms with Gasteiger partial charge in [0, 0.05) is 17.5 Å². The Morgan fingerprint density at radius 2 is 1.77 bits per heavy atom. The van der Waals surface area contributed by atoms with E-state index in [2.05, 4.69) is 28.1 Å². The largest absolute Gasteiger partial charge is 0.305 e. The van der Waals surface area contributed by atoms with Gasteiger partial charge in [0.2, 0.25) is 0 Å². The maximum atomic E-state index is 9.42. The second-order valence-electron chi connectivity index (χ2n) is 5.62. The monoisotopic (exact) mass is 287 g/mol. The lowest BCUT2D eigenvalue weighted by molar-refractivity contribution is 0.402. The molecule has 0 atom stereocenters. The third-order valence-electron chi connectivity index (χ3n) is 3.57. The lowest BCUT2D eigenvalue weighted by Crippen LogP contribution is -2.10. The van der Waals surface area contributed by atoms with Crippen molar-refractivity contribution in [2.45, 2.75) is 6.54 Å². The number of para-hydroxylation sites is 1. The molecule has 0 unspecified atom stereocenters. The molecule has 0 spiro atoms. The molecule has 0 amide bonds. The van der Waals surface area contributed by atoms with Gasteiger partial charge in [0.25, 0.3) is 0 Å². The summed E-state index contributed by atoms with van der Waals surface area (Å²) in [6, 6.07) is 20.3. The van der Waals surface area contributed by atoms with Crippen molar-refractivity contribution in [1.29, 1.82) is 5.26 Å². The van der Waals surface area contributed by atoms with Gasteiger partial charge in [-0.2, -0.15) is 5.26 Å². The first-order chi connectivity index (χ1) is 10.7. The molecule has 0 saturated carbocycles. The first-order valence-electron chi connectivity index (χ1n) is 7.21. The summed E-state index contributed by atoms with van der Waals surface area (Å²) < 4.78 is 0. The van der Waals surface area contributed by atoms with Crippen molar-refractivity contribution in [2.75, 3.05) is 14.1 Å². The van der Waals surface area contributed by atoms with Crippen LogP contribution in [0.4, 0.5) is 0 Å². The molecule has 0 aliphatic heterocycles. The SMILES string of the molecule is CN(C)Cc1ccc(-c2nc3ccccc3cc2C#N)cc1. The van der Waals surface area contributed by atoms with Gasteiger partial charge in [0.05, 0.1) is 16.8 Å². The van der Waals surface area contributed by atoms with Crippen LogP contribution in [0.3, 0.4) is 0 Å². The highest BCUT2D eigenvalue weighted by Gasteiger charge is 2.09. The zero-order chi connectivity index (χ0) is 15.5. The summed E-state index contributed by atoms with van der Waals surface area (Å²) in [6.45, 7) is 0.899. The van der Waals surface area contributed by atoms with Gasteiger partial charge in [-0.3, -0.25) is 0 Å². The predicted molar refractivity (Wildman–Crippen MR) is 89.3 cm³/mol. The van der Waals surface area contributed by atoms with Gasteiger partial charge < -0.3 is 4.90 Å². The van der Waals surface area contributed by atoms with Crippen LogP contribution in [-0.4, -0.2) is 24.0 Å². The fraction of sp³-hybridized carbons (Fsp3) is 0.158. The van der Waals surface area contributed by atoms with Crippen LogP contribution in [0.1, 0.15) is 11.1 Å². The second kappa shape index (κ2) is 5.97. The van der Waals surface area contributed by atoms with Gasteiger partial charge in [-0.15, -0.1) is 0 Å². The van der Waals surface area contributed by atoms with Crippen molar-refractivity contribution < 1.29 is 0 Å². The first-order valence-corrected chi connectivity index (χ1v) is 7.21. The minimum Gasteiger partial charge on any atom is -0.305 e. The van der Waals surface area contributed by atoms with Gasteiger partial charge in [0.15, 0.2) is 0 Å². The fourth-order valence-corrected chi connectivity index (χ4v) is 2.55. The Bertz CT molecular complexity index is 843. The molecule has 1 aromatic heterocycles. The summed E-state index contributed by atoms with van der Waals surface area (Å²) in [5.41, 5.74) is 4.49. The van der Waals surface area contributed by atoms with Crippen molar-refractivity contribution >= 4 is 10.9 Å². The van der Waals surface area contributed by atoms with Gasteiger partial charge in [-0.1, -0.05) is 42.5 Å². The molecule has 22 heavy (non-hydrogen) atoms. The minimum atomic E-state index is 0.610. The average molecular weight is 287 g/mol. The predicted octanol–water partition coefficient (Wildman–Crippen LogP) is 3.84. The summed E-state index contributed by atoms with van der Waals surface area (Å²) in [6.07, 6.45) is 0. The van der Waals surface area contributed by atoms with Crippen LogP contribution in [0, 0.1) is 11.3 Å². The van der Waals surface area contributed by atoms with E-state index in [1.165, 1.54) is 5.56 Å². The number of aromatic nitrogens is 1. The molecule has 3 rings (SSSR count). The Balaban J connectivity index is 2.07. The van der Waals surface area contributed by atoms with Crippen LogP contribution in [0.2, 0.25) is 0 Å². The summed E-state index contributed by atoms with van der Waals surface area (Å²) in [5, 5.41) is 10.4. The van der Waals surface area contributed by atoms with E-state index in [-0.39, 0.29) is 0 Å². The third kappa shape index (κ3) is 2.83. The maximum absolute atomic E-state index is 9.42. The van der Waals surface area contributed by atoms with E-state index >= 15 is 0 Å². The Morgan fingerprint density at radius 1 is 1.05 bits per heavy atom. The number of nitrogens with zero attached hydrogens (tertiary/aromatic N) is 3. The van der Waals surface area contributed by atoms with E-state index in [9.17, 15) is 5.26 Å². The zero-order valence-electron chi connectivity index (χ0n) is 12.7. The van der Waals surface area contributed by atoms with E-state index in [4.69, 9.17) is 0 Å². The number of nitriles is 1. The quantitative estimate of drug-likeness (QED) is 0.735. The minimum absolute atomic E-state index is 0.610. The normalized spacial score (nSPS) is 10.8. The standard InChI is InChI=1S/C19H17N3/c1-22(2)13-14-7-9-15(10-8-14)19-17(12-20)11-16-5-3-4-6-18(16)21-19/h3-11H,13H2,1-2H3. The lowest BCUT2D eigenvalue weighted by Gasteiger charge is -2.11. The molecular weight excluding hydrogens is 270 g/mol.